The maximum absolute atomic E-state index is 13.3. The van der Waals surface area contributed by atoms with Crippen molar-refractivity contribution in [2.75, 3.05) is 0 Å². The number of primary amides is 1. The molecule has 1 saturated heterocycles. The SMILES string of the molecule is C[C@@H](O)[C@H]1C(=O)N2C(C(=O)O)=C(c3cn4c(Cl)nc(C(=O)c5ccc[n+](CC(N)=O)c5)c4s3)[C@H](C)[C@H]12. The molecule has 13 heteroatoms. The second-order valence-electron chi connectivity index (χ2n) is 8.88. The average molecular weight is 531 g/mol. The third-order valence-electron chi connectivity index (χ3n) is 6.59. The molecule has 0 spiro atoms. The van der Waals surface area contributed by atoms with E-state index in [-0.39, 0.29) is 34.7 Å². The summed E-state index contributed by atoms with van der Waals surface area (Å²) in [4.78, 5) is 55.8. The van der Waals surface area contributed by atoms with Crippen molar-refractivity contribution in [1.82, 2.24) is 14.3 Å². The van der Waals surface area contributed by atoms with Crippen molar-refractivity contribution in [3.8, 4) is 0 Å². The summed E-state index contributed by atoms with van der Waals surface area (Å²) >= 11 is 7.47. The summed E-state index contributed by atoms with van der Waals surface area (Å²) < 4.78 is 2.98. The highest BCUT2D eigenvalue weighted by atomic mass is 35.5. The van der Waals surface area contributed by atoms with Crippen LogP contribution < -0.4 is 10.3 Å². The lowest BCUT2D eigenvalue weighted by Gasteiger charge is -2.46. The van der Waals surface area contributed by atoms with Crippen LogP contribution in [0.1, 0.15) is 34.8 Å². The molecule has 5 heterocycles. The van der Waals surface area contributed by atoms with Crippen molar-refractivity contribution in [2.24, 2.45) is 17.6 Å². The van der Waals surface area contributed by atoms with Gasteiger partial charge in [0.15, 0.2) is 12.4 Å². The van der Waals surface area contributed by atoms with E-state index in [9.17, 15) is 29.4 Å². The molecule has 2 aliphatic rings. The van der Waals surface area contributed by atoms with Gasteiger partial charge in [-0.1, -0.05) is 6.92 Å². The zero-order chi connectivity index (χ0) is 26.0. The van der Waals surface area contributed by atoms with E-state index in [1.165, 1.54) is 27.0 Å². The normalized spacial score (nSPS) is 22.1. The number of aliphatic carboxylic acids is 1. The van der Waals surface area contributed by atoms with E-state index in [1.807, 2.05) is 6.92 Å². The third-order valence-corrected chi connectivity index (χ3v) is 7.99. The fraction of sp³-hybridized carbons (Fsp3) is 0.304. The molecule has 0 radical (unpaired) electrons. The first-order chi connectivity index (χ1) is 17.0. The molecule has 4 N–H and O–H groups in total. The maximum Gasteiger partial charge on any atom is 0.352 e. The highest BCUT2D eigenvalue weighted by molar-refractivity contribution is 7.18. The summed E-state index contributed by atoms with van der Waals surface area (Å²) in [6.45, 7) is 3.23. The lowest BCUT2D eigenvalue weighted by Crippen LogP contribution is -2.63. The number of β-lactam (4-membered cyclic amide) rings is 1. The van der Waals surface area contributed by atoms with Gasteiger partial charge in [-0.25, -0.2) is 9.78 Å². The van der Waals surface area contributed by atoms with E-state index in [4.69, 9.17) is 17.3 Å². The predicted molar refractivity (Wildman–Crippen MR) is 127 cm³/mol. The fourth-order valence-corrected chi connectivity index (χ4v) is 6.59. The minimum atomic E-state index is -1.25. The molecular formula is C23H21ClN5O6S+. The van der Waals surface area contributed by atoms with E-state index < -0.39 is 41.6 Å². The van der Waals surface area contributed by atoms with Crippen LogP contribution in [0.5, 0.6) is 0 Å². The van der Waals surface area contributed by atoms with E-state index in [1.54, 1.807) is 24.5 Å². The number of aliphatic hydroxyl groups is 1. The van der Waals surface area contributed by atoms with Gasteiger partial charge in [0.25, 0.3) is 5.91 Å². The molecule has 1 fully saturated rings. The Bertz CT molecular complexity index is 1510. The highest BCUT2D eigenvalue weighted by Crippen LogP contribution is 2.51. The van der Waals surface area contributed by atoms with Crippen LogP contribution in [0.4, 0.5) is 0 Å². The van der Waals surface area contributed by atoms with Gasteiger partial charge in [0.2, 0.25) is 23.5 Å². The molecule has 36 heavy (non-hydrogen) atoms. The monoisotopic (exact) mass is 530 g/mol. The minimum absolute atomic E-state index is 0.0149. The first kappa shape index (κ1) is 24.1. The number of amides is 2. The van der Waals surface area contributed by atoms with Crippen LogP contribution in [0.15, 0.2) is 36.4 Å². The summed E-state index contributed by atoms with van der Waals surface area (Å²) in [5.74, 6) is -3.74. The van der Waals surface area contributed by atoms with E-state index >= 15 is 0 Å². The lowest BCUT2D eigenvalue weighted by molar-refractivity contribution is -0.684. The first-order valence-electron chi connectivity index (χ1n) is 11.0. The smallest absolute Gasteiger partial charge is 0.352 e. The van der Waals surface area contributed by atoms with Crippen LogP contribution in [0.2, 0.25) is 5.28 Å². The van der Waals surface area contributed by atoms with Crippen LogP contribution in [0, 0.1) is 11.8 Å². The number of carbonyl (C=O) groups is 4. The van der Waals surface area contributed by atoms with Crippen LogP contribution in [0.3, 0.4) is 0 Å². The summed E-state index contributed by atoms with van der Waals surface area (Å²) in [6, 6.07) is 2.71. The van der Waals surface area contributed by atoms with Gasteiger partial charge >= 0.3 is 5.97 Å². The number of nitrogens with two attached hydrogens (primary N) is 1. The molecule has 3 aromatic rings. The van der Waals surface area contributed by atoms with E-state index in [2.05, 4.69) is 4.98 Å². The largest absolute Gasteiger partial charge is 0.477 e. The van der Waals surface area contributed by atoms with E-state index in [0.29, 0.717) is 15.3 Å². The number of hydrogen-bond donors (Lipinski definition) is 3. The summed E-state index contributed by atoms with van der Waals surface area (Å²) in [5.41, 5.74) is 5.88. The van der Waals surface area contributed by atoms with Crippen molar-refractivity contribution >= 4 is 56.9 Å². The van der Waals surface area contributed by atoms with Gasteiger partial charge in [0.05, 0.1) is 28.5 Å². The van der Waals surface area contributed by atoms with Crippen LogP contribution in [-0.2, 0) is 20.9 Å². The Balaban J connectivity index is 1.58. The quantitative estimate of drug-likeness (QED) is 0.230. The number of imidazole rings is 1. The van der Waals surface area contributed by atoms with Crippen molar-refractivity contribution in [1.29, 1.82) is 0 Å². The molecule has 0 saturated carbocycles. The number of pyridine rings is 1. The molecule has 2 amide bonds. The fourth-order valence-electron chi connectivity index (χ4n) is 5.09. The molecule has 0 aliphatic carbocycles. The second kappa shape index (κ2) is 8.50. The Morgan fingerprint density at radius 3 is 2.72 bits per heavy atom. The van der Waals surface area contributed by atoms with Gasteiger partial charge in [-0.15, -0.1) is 11.3 Å². The van der Waals surface area contributed by atoms with Gasteiger partial charge in [-0.05, 0) is 24.6 Å². The molecule has 2 aliphatic heterocycles. The van der Waals surface area contributed by atoms with E-state index in [0.717, 1.165) is 11.3 Å². The summed E-state index contributed by atoms with van der Waals surface area (Å²) in [5, 5.41) is 20.0. The predicted octanol–water partition coefficient (Wildman–Crippen LogP) is 0.706. The van der Waals surface area contributed by atoms with Gasteiger partial charge in [0, 0.05) is 23.8 Å². The Hall–Kier alpha value is -3.61. The maximum atomic E-state index is 13.3. The minimum Gasteiger partial charge on any atom is -0.477 e. The Morgan fingerprint density at radius 2 is 2.08 bits per heavy atom. The number of carboxylic acids is 1. The summed E-state index contributed by atoms with van der Waals surface area (Å²) in [7, 11) is 0. The number of carbonyl (C=O) groups excluding carboxylic acids is 3. The Morgan fingerprint density at radius 1 is 1.36 bits per heavy atom. The zero-order valence-corrected chi connectivity index (χ0v) is 20.7. The number of carboxylic acid groups (broad SMARTS) is 1. The van der Waals surface area contributed by atoms with Crippen molar-refractivity contribution in [2.45, 2.75) is 32.5 Å². The molecule has 0 unspecified atom stereocenters. The van der Waals surface area contributed by atoms with Crippen LogP contribution in [0.25, 0.3) is 10.4 Å². The number of rotatable bonds is 7. The molecule has 5 rings (SSSR count). The number of nitrogens with zero attached hydrogens (tertiary/aromatic N) is 4. The molecule has 0 bridgehead atoms. The summed E-state index contributed by atoms with van der Waals surface area (Å²) in [6.07, 6.45) is 3.78. The number of aliphatic hydroxyl groups excluding tert-OH is 1. The van der Waals surface area contributed by atoms with Gasteiger partial charge < -0.3 is 20.8 Å². The van der Waals surface area contributed by atoms with Crippen LogP contribution >= 0.6 is 22.9 Å². The van der Waals surface area contributed by atoms with Crippen molar-refractivity contribution < 1.29 is 34.0 Å². The number of halogens is 1. The van der Waals surface area contributed by atoms with Gasteiger partial charge in [-0.2, -0.15) is 4.57 Å². The molecule has 0 aromatic carbocycles. The first-order valence-corrected chi connectivity index (χ1v) is 12.2. The molecule has 4 atom stereocenters. The number of aromatic nitrogens is 3. The Kier molecular flexibility index (Phi) is 5.69. The molecular weight excluding hydrogens is 510 g/mol. The average Bonchev–Trinajstić information content (AvgIpc) is 3.42. The molecule has 11 nitrogen and oxygen atoms in total. The standard InChI is InChI=1S/C23H20ClN5O6S/c1-9-14(18(22(34)35)29-17(9)15(10(2)30)20(29)33)12-7-28-21(36-12)16(26-23(28)24)19(32)11-4-3-5-27(6-11)8-13(25)31/h3-7,9-10,15,17,30H,8H2,1-2H3,(H2-,25,31,34,35)/p+1/t9-,10+,15+,17+/m0/s1. The number of ketones is 1. The van der Waals surface area contributed by atoms with Crippen LogP contribution in [-0.4, -0.2) is 60.2 Å². The van der Waals surface area contributed by atoms with Gasteiger partial charge in [0.1, 0.15) is 16.2 Å². The topological polar surface area (TPSA) is 159 Å². The Labute approximate surface area is 213 Å². The number of fused-ring (bicyclic) bond motifs is 2. The van der Waals surface area contributed by atoms with Crippen molar-refractivity contribution in [3.63, 3.8) is 0 Å². The molecule has 186 valence electrons. The number of thiazole rings is 1. The van der Waals surface area contributed by atoms with Gasteiger partial charge in [-0.3, -0.25) is 18.8 Å². The third kappa shape index (κ3) is 3.52. The highest BCUT2D eigenvalue weighted by Gasteiger charge is 2.60. The zero-order valence-electron chi connectivity index (χ0n) is 19.1. The lowest BCUT2D eigenvalue weighted by atomic mass is 9.77. The molecule has 3 aromatic heterocycles. The second-order valence-corrected chi connectivity index (χ2v) is 10.3. The van der Waals surface area contributed by atoms with Crippen molar-refractivity contribution in [3.05, 3.63) is 57.8 Å². The number of hydrogen-bond acceptors (Lipinski definition) is 7.